The van der Waals surface area contributed by atoms with Crippen molar-refractivity contribution in [3.05, 3.63) is 39.0 Å². The van der Waals surface area contributed by atoms with E-state index in [-0.39, 0.29) is 0 Å². The molecule has 0 radical (unpaired) electrons. The number of hydrogen-bond acceptors (Lipinski definition) is 4. The molecule has 1 aromatic heterocycles. The van der Waals surface area contributed by atoms with Gasteiger partial charge in [0.1, 0.15) is 0 Å². The number of benzene rings is 1. The molecule has 0 aliphatic rings. The zero-order chi connectivity index (χ0) is 14.4. The summed E-state index contributed by atoms with van der Waals surface area (Å²) in [6, 6.07) is 8.00. The Morgan fingerprint density at radius 2 is 1.85 bits per heavy atom. The van der Waals surface area contributed by atoms with Gasteiger partial charge in [-0.15, -0.1) is 11.3 Å². The maximum Gasteiger partial charge on any atom is 0.163 e. The largest absolute Gasteiger partial charge is 0.490 e. The summed E-state index contributed by atoms with van der Waals surface area (Å²) in [6.07, 6.45) is 0. The topological polar surface area (TPSA) is 30.5 Å². The van der Waals surface area contributed by atoms with Gasteiger partial charge < -0.3 is 14.8 Å². The molecule has 2 aromatic rings. The quantitative estimate of drug-likeness (QED) is 0.764. The third-order valence-corrected chi connectivity index (χ3v) is 4.61. The molecule has 0 atom stereocenters. The van der Waals surface area contributed by atoms with E-state index in [1.807, 2.05) is 32.0 Å². The summed E-state index contributed by atoms with van der Waals surface area (Å²) < 4.78 is 12.3. The van der Waals surface area contributed by atoms with Crippen LogP contribution in [0.3, 0.4) is 0 Å². The number of thiophene rings is 1. The van der Waals surface area contributed by atoms with Gasteiger partial charge >= 0.3 is 0 Å². The fraction of sp³-hybridized carbons (Fsp3) is 0.333. The van der Waals surface area contributed by atoms with Gasteiger partial charge in [0, 0.05) is 21.1 Å². The van der Waals surface area contributed by atoms with Crippen LogP contribution in [0.15, 0.2) is 34.1 Å². The van der Waals surface area contributed by atoms with E-state index in [4.69, 9.17) is 9.47 Å². The molecule has 0 saturated carbocycles. The highest BCUT2D eigenvalue weighted by Gasteiger charge is 2.07. The molecule has 1 N–H and O–H groups in total. The van der Waals surface area contributed by atoms with Gasteiger partial charge in [0.15, 0.2) is 11.5 Å². The van der Waals surface area contributed by atoms with Crippen molar-refractivity contribution in [2.45, 2.75) is 20.4 Å². The summed E-state index contributed by atoms with van der Waals surface area (Å²) in [5, 5.41) is 5.48. The molecule has 5 heteroatoms. The molecule has 1 heterocycles. The first-order chi connectivity index (χ1) is 9.74. The van der Waals surface area contributed by atoms with Crippen LogP contribution in [0.25, 0.3) is 0 Å². The van der Waals surface area contributed by atoms with Gasteiger partial charge in [-0.05, 0) is 53.4 Å². The van der Waals surface area contributed by atoms with E-state index in [1.165, 1.54) is 4.88 Å². The number of nitrogens with one attached hydrogen (secondary N) is 1. The second-order valence-corrected chi connectivity index (χ2v) is 5.93. The number of ether oxygens (including phenoxy) is 2. The summed E-state index contributed by atoms with van der Waals surface area (Å²) in [5.74, 6) is 1.57. The average molecular weight is 356 g/mol. The Bertz CT molecular complexity index is 557. The van der Waals surface area contributed by atoms with Crippen molar-refractivity contribution in [3.63, 3.8) is 0 Å². The van der Waals surface area contributed by atoms with Gasteiger partial charge in [-0.25, -0.2) is 0 Å². The lowest BCUT2D eigenvalue weighted by atomic mass is 10.2. The minimum atomic E-state index is 0.625. The van der Waals surface area contributed by atoms with Crippen LogP contribution < -0.4 is 14.8 Å². The minimum absolute atomic E-state index is 0.625. The van der Waals surface area contributed by atoms with Crippen LogP contribution in [0.4, 0.5) is 5.69 Å². The number of rotatable bonds is 7. The highest BCUT2D eigenvalue weighted by Crippen LogP contribution is 2.31. The van der Waals surface area contributed by atoms with Crippen molar-refractivity contribution < 1.29 is 9.47 Å². The second-order valence-electron chi connectivity index (χ2n) is 4.07. The molecule has 0 amide bonds. The SMILES string of the molecule is CCOc1ccc(NCc2sccc2Br)cc1OCC. The fourth-order valence-corrected chi connectivity index (χ4v) is 3.23. The predicted molar refractivity (Wildman–Crippen MR) is 88.1 cm³/mol. The molecule has 1 aromatic carbocycles. The van der Waals surface area contributed by atoms with Crippen molar-refractivity contribution in [3.8, 4) is 11.5 Å². The molecule has 0 fully saturated rings. The molecular weight excluding hydrogens is 338 g/mol. The van der Waals surface area contributed by atoms with Crippen LogP contribution >= 0.6 is 27.3 Å². The van der Waals surface area contributed by atoms with E-state index >= 15 is 0 Å². The number of anilines is 1. The Morgan fingerprint density at radius 1 is 1.10 bits per heavy atom. The molecular formula is C15H18BrNO2S. The first-order valence-electron chi connectivity index (χ1n) is 6.60. The molecule has 0 saturated heterocycles. The highest BCUT2D eigenvalue weighted by molar-refractivity contribution is 9.10. The van der Waals surface area contributed by atoms with E-state index in [0.29, 0.717) is 13.2 Å². The molecule has 20 heavy (non-hydrogen) atoms. The molecule has 3 nitrogen and oxygen atoms in total. The van der Waals surface area contributed by atoms with E-state index in [1.54, 1.807) is 11.3 Å². The van der Waals surface area contributed by atoms with Crippen LogP contribution in [0, 0.1) is 0 Å². The normalized spacial score (nSPS) is 10.3. The molecule has 108 valence electrons. The lowest BCUT2D eigenvalue weighted by Gasteiger charge is -2.13. The van der Waals surface area contributed by atoms with E-state index in [0.717, 1.165) is 28.2 Å². The monoisotopic (exact) mass is 355 g/mol. The van der Waals surface area contributed by atoms with Crippen molar-refractivity contribution in [2.75, 3.05) is 18.5 Å². The second kappa shape index (κ2) is 7.55. The lowest BCUT2D eigenvalue weighted by Crippen LogP contribution is -2.01. The van der Waals surface area contributed by atoms with Crippen molar-refractivity contribution >= 4 is 33.0 Å². The predicted octanol–water partition coefficient (Wildman–Crippen LogP) is 4.92. The van der Waals surface area contributed by atoms with Gasteiger partial charge in [-0.2, -0.15) is 0 Å². The summed E-state index contributed by atoms with van der Waals surface area (Å²) in [6.45, 7) is 5.99. The Kier molecular flexibility index (Phi) is 5.73. The first kappa shape index (κ1) is 15.2. The molecule has 0 unspecified atom stereocenters. The van der Waals surface area contributed by atoms with Crippen LogP contribution in [-0.2, 0) is 6.54 Å². The summed E-state index contributed by atoms with van der Waals surface area (Å²) in [5.41, 5.74) is 1.03. The third-order valence-electron chi connectivity index (χ3n) is 2.69. The zero-order valence-corrected chi connectivity index (χ0v) is 14.0. The van der Waals surface area contributed by atoms with E-state index < -0.39 is 0 Å². The van der Waals surface area contributed by atoms with Crippen LogP contribution in [0.2, 0.25) is 0 Å². The maximum atomic E-state index is 5.62. The summed E-state index contributed by atoms with van der Waals surface area (Å²) >= 11 is 5.27. The summed E-state index contributed by atoms with van der Waals surface area (Å²) in [4.78, 5) is 1.27. The van der Waals surface area contributed by atoms with Gasteiger partial charge in [0.25, 0.3) is 0 Å². The van der Waals surface area contributed by atoms with Gasteiger partial charge in [0.05, 0.1) is 19.8 Å². The van der Waals surface area contributed by atoms with Crippen LogP contribution in [0.1, 0.15) is 18.7 Å². The Balaban J connectivity index is 2.08. The minimum Gasteiger partial charge on any atom is -0.490 e. The van der Waals surface area contributed by atoms with Crippen molar-refractivity contribution in [1.82, 2.24) is 0 Å². The number of halogens is 1. The average Bonchev–Trinajstić information content (AvgIpc) is 2.85. The molecule has 0 aliphatic heterocycles. The summed E-state index contributed by atoms with van der Waals surface area (Å²) in [7, 11) is 0. The van der Waals surface area contributed by atoms with Gasteiger partial charge in [-0.1, -0.05) is 0 Å². The van der Waals surface area contributed by atoms with Crippen LogP contribution in [0.5, 0.6) is 11.5 Å². The molecule has 0 spiro atoms. The lowest BCUT2D eigenvalue weighted by molar-refractivity contribution is 0.288. The molecule has 0 bridgehead atoms. The Labute approximate surface area is 132 Å². The van der Waals surface area contributed by atoms with Gasteiger partial charge in [0.2, 0.25) is 0 Å². The third kappa shape index (κ3) is 3.90. The first-order valence-corrected chi connectivity index (χ1v) is 8.27. The Hall–Kier alpha value is -1.20. The molecule has 2 rings (SSSR count). The fourth-order valence-electron chi connectivity index (χ4n) is 1.79. The number of hydrogen-bond donors (Lipinski definition) is 1. The smallest absolute Gasteiger partial charge is 0.163 e. The van der Waals surface area contributed by atoms with Crippen LogP contribution in [-0.4, -0.2) is 13.2 Å². The van der Waals surface area contributed by atoms with E-state index in [2.05, 4.69) is 32.7 Å². The van der Waals surface area contributed by atoms with Crippen molar-refractivity contribution in [2.24, 2.45) is 0 Å². The maximum absolute atomic E-state index is 5.62. The zero-order valence-electron chi connectivity index (χ0n) is 11.6. The highest BCUT2D eigenvalue weighted by atomic mass is 79.9. The Morgan fingerprint density at radius 3 is 2.50 bits per heavy atom. The van der Waals surface area contributed by atoms with Crippen molar-refractivity contribution in [1.29, 1.82) is 0 Å². The molecule has 0 aliphatic carbocycles. The van der Waals surface area contributed by atoms with E-state index in [9.17, 15) is 0 Å². The van der Waals surface area contributed by atoms with Gasteiger partial charge in [-0.3, -0.25) is 0 Å². The standard InChI is InChI=1S/C15H18BrNO2S/c1-3-18-13-6-5-11(9-14(13)19-4-2)17-10-15-12(16)7-8-20-15/h5-9,17H,3-4,10H2,1-2H3.